The van der Waals surface area contributed by atoms with Gasteiger partial charge in [-0.1, -0.05) is 18.2 Å². The van der Waals surface area contributed by atoms with E-state index in [0.717, 1.165) is 18.9 Å². The summed E-state index contributed by atoms with van der Waals surface area (Å²) in [5.41, 5.74) is 4.16. The number of ether oxygens (including phenoxy) is 1. The fourth-order valence-corrected chi connectivity index (χ4v) is 2.76. The van der Waals surface area contributed by atoms with Crippen LogP contribution in [0.25, 0.3) is 0 Å². The zero-order valence-electron chi connectivity index (χ0n) is 12.7. The van der Waals surface area contributed by atoms with E-state index < -0.39 is 0 Å². The average molecular weight is 261 g/mol. The number of aryl methyl sites for hydroxylation is 2. The van der Waals surface area contributed by atoms with E-state index in [1.165, 1.54) is 29.5 Å². The number of rotatable bonds is 7. The van der Waals surface area contributed by atoms with Gasteiger partial charge in [-0.05, 0) is 69.7 Å². The van der Waals surface area contributed by atoms with Gasteiger partial charge in [-0.3, -0.25) is 0 Å². The number of likely N-dealkylation sites (N-methyl/N-ethyl adjacent to an activating group) is 1. The van der Waals surface area contributed by atoms with Crippen molar-refractivity contribution in [2.24, 2.45) is 5.92 Å². The lowest BCUT2D eigenvalue weighted by molar-refractivity contribution is 0.0211. The Balaban J connectivity index is 2.06. The van der Waals surface area contributed by atoms with E-state index in [1.54, 1.807) is 0 Å². The molecule has 2 rings (SSSR count). The van der Waals surface area contributed by atoms with Gasteiger partial charge in [-0.15, -0.1) is 0 Å². The van der Waals surface area contributed by atoms with Gasteiger partial charge in [0.1, 0.15) is 0 Å². The van der Waals surface area contributed by atoms with E-state index in [9.17, 15) is 0 Å². The van der Waals surface area contributed by atoms with E-state index in [1.807, 2.05) is 0 Å². The highest BCUT2D eigenvalue weighted by atomic mass is 16.5. The fourth-order valence-electron chi connectivity index (χ4n) is 2.76. The van der Waals surface area contributed by atoms with Crippen LogP contribution < -0.4 is 5.32 Å². The van der Waals surface area contributed by atoms with Gasteiger partial charge in [0, 0.05) is 12.6 Å². The first-order chi connectivity index (χ1) is 9.15. The molecule has 0 aromatic heterocycles. The monoisotopic (exact) mass is 261 g/mol. The summed E-state index contributed by atoms with van der Waals surface area (Å²) in [6, 6.07) is 7.22. The molecule has 0 radical (unpaired) electrons. The molecule has 19 heavy (non-hydrogen) atoms. The second kappa shape index (κ2) is 6.53. The summed E-state index contributed by atoms with van der Waals surface area (Å²) in [4.78, 5) is 0. The van der Waals surface area contributed by atoms with Gasteiger partial charge in [-0.2, -0.15) is 0 Å². The number of benzene rings is 1. The van der Waals surface area contributed by atoms with Crippen LogP contribution in [0.15, 0.2) is 18.2 Å². The summed E-state index contributed by atoms with van der Waals surface area (Å²) < 4.78 is 5.98. The predicted octanol–water partition coefficient (Wildman–Crippen LogP) is 3.25. The Morgan fingerprint density at radius 1 is 1.26 bits per heavy atom. The van der Waals surface area contributed by atoms with Crippen molar-refractivity contribution in [3.8, 4) is 0 Å². The topological polar surface area (TPSA) is 21.3 Å². The quantitative estimate of drug-likeness (QED) is 0.813. The maximum Gasteiger partial charge on any atom is 0.0759 e. The van der Waals surface area contributed by atoms with Crippen LogP contribution in [0.2, 0.25) is 0 Å². The van der Waals surface area contributed by atoms with Crippen LogP contribution in [0.5, 0.6) is 0 Å². The first-order valence-corrected chi connectivity index (χ1v) is 7.50. The molecular formula is C17H27NO. The lowest BCUT2D eigenvalue weighted by Gasteiger charge is -2.27. The molecule has 0 saturated heterocycles. The summed E-state index contributed by atoms with van der Waals surface area (Å²) in [5.74, 6) is 0.768. The van der Waals surface area contributed by atoms with Crippen molar-refractivity contribution < 1.29 is 4.74 Å². The Morgan fingerprint density at radius 2 is 2.00 bits per heavy atom. The van der Waals surface area contributed by atoms with Crippen LogP contribution in [-0.4, -0.2) is 25.8 Å². The van der Waals surface area contributed by atoms with Crippen molar-refractivity contribution in [1.82, 2.24) is 5.32 Å². The predicted molar refractivity (Wildman–Crippen MR) is 80.6 cm³/mol. The zero-order chi connectivity index (χ0) is 13.8. The molecule has 2 atom stereocenters. The molecule has 1 N–H and O–H groups in total. The summed E-state index contributed by atoms with van der Waals surface area (Å²) in [7, 11) is 2.06. The Labute approximate surface area is 117 Å². The van der Waals surface area contributed by atoms with Crippen LogP contribution in [-0.2, 0) is 11.2 Å². The van der Waals surface area contributed by atoms with Gasteiger partial charge >= 0.3 is 0 Å². The van der Waals surface area contributed by atoms with Gasteiger partial charge in [0.25, 0.3) is 0 Å². The molecule has 0 spiro atoms. The minimum atomic E-state index is 0.372. The highest BCUT2D eigenvalue weighted by Crippen LogP contribution is 2.36. The van der Waals surface area contributed by atoms with Crippen LogP contribution in [0.4, 0.5) is 0 Å². The van der Waals surface area contributed by atoms with Crippen LogP contribution in [0.1, 0.15) is 36.5 Å². The molecule has 106 valence electrons. The van der Waals surface area contributed by atoms with E-state index >= 15 is 0 Å². The third kappa shape index (κ3) is 3.80. The second-order valence-corrected chi connectivity index (χ2v) is 5.78. The van der Waals surface area contributed by atoms with E-state index in [0.29, 0.717) is 12.1 Å². The summed E-state index contributed by atoms with van der Waals surface area (Å²) in [6.07, 6.45) is 4.08. The smallest absolute Gasteiger partial charge is 0.0759 e. The highest BCUT2D eigenvalue weighted by Gasteiger charge is 2.36. The first kappa shape index (κ1) is 14.5. The SMILES string of the molecule is CCOC(C1CC1)C(Cc1ccc(C)c(C)c1)NC. The normalized spacial score (nSPS) is 18.3. The summed E-state index contributed by atoms with van der Waals surface area (Å²) in [6.45, 7) is 7.26. The van der Waals surface area contributed by atoms with Crippen molar-refractivity contribution in [3.63, 3.8) is 0 Å². The Morgan fingerprint density at radius 3 is 2.53 bits per heavy atom. The number of nitrogens with one attached hydrogen (secondary N) is 1. The van der Waals surface area contributed by atoms with Crippen molar-refractivity contribution in [2.75, 3.05) is 13.7 Å². The standard InChI is InChI=1S/C17H27NO/c1-5-19-17(15-8-9-15)16(18-4)11-14-7-6-12(2)13(3)10-14/h6-7,10,15-18H,5,8-9,11H2,1-4H3. The highest BCUT2D eigenvalue weighted by molar-refractivity contribution is 5.30. The van der Waals surface area contributed by atoms with Crippen LogP contribution in [0.3, 0.4) is 0 Å². The largest absolute Gasteiger partial charge is 0.377 e. The van der Waals surface area contributed by atoms with Crippen molar-refractivity contribution in [1.29, 1.82) is 0 Å². The van der Waals surface area contributed by atoms with Gasteiger partial charge in [0.2, 0.25) is 0 Å². The molecule has 2 nitrogen and oxygen atoms in total. The summed E-state index contributed by atoms with van der Waals surface area (Å²) in [5, 5.41) is 3.47. The lowest BCUT2D eigenvalue weighted by Crippen LogP contribution is -2.42. The zero-order valence-corrected chi connectivity index (χ0v) is 12.7. The third-order valence-electron chi connectivity index (χ3n) is 4.24. The average Bonchev–Trinajstić information content (AvgIpc) is 3.22. The molecule has 1 aromatic carbocycles. The van der Waals surface area contributed by atoms with Crippen LogP contribution in [0, 0.1) is 19.8 Å². The molecule has 2 unspecified atom stereocenters. The van der Waals surface area contributed by atoms with Crippen LogP contribution >= 0.6 is 0 Å². The number of hydrogen-bond donors (Lipinski definition) is 1. The Bertz CT molecular complexity index is 412. The number of hydrogen-bond acceptors (Lipinski definition) is 2. The maximum atomic E-state index is 5.98. The minimum absolute atomic E-state index is 0.372. The van der Waals surface area contributed by atoms with E-state index in [2.05, 4.69) is 51.3 Å². The fraction of sp³-hybridized carbons (Fsp3) is 0.647. The maximum absolute atomic E-state index is 5.98. The minimum Gasteiger partial charge on any atom is -0.377 e. The van der Waals surface area contributed by atoms with E-state index in [4.69, 9.17) is 4.74 Å². The van der Waals surface area contributed by atoms with Gasteiger partial charge in [0.05, 0.1) is 6.10 Å². The molecule has 0 bridgehead atoms. The molecule has 0 heterocycles. The van der Waals surface area contributed by atoms with Crippen molar-refractivity contribution >= 4 is 0 Å². The van der Waals surface area contributed by atoms with Gasteiger partial charge in [0.15, 0.2) is 0 Å². The Kier molecular flexibility index (Phi) is 5.00. The van der Waals surface area contributed by atoms with E-state index in [-0.39, 0.29) is 0 Å². The van der Waals surface area contributed by atoms with Gasteiger partial charge < -0.3 is 10.1 Å². The van der Waals surface area contributed by atoms with Crippen molar-refractivity contribution in [2.45, 2.75) is 52.2 Å². The Hall–Kier alpha value is -0.860. The third-order valence-corrected chi connectivity index (χ3v) is 4.24. The lowest BCUT2D eigenvalue weighted by atomic mass is 9.96. The summed E-state index contributed by atoms with van der Waals surface area (Å²) >= 11 is 0. The molecule has 0 aliphatic heterocycles. The molecule has 0 amide bonds. The molecule has 2 heteroatoms. The molecular weight excluding hydrogens is 234 g/mol. The molecule has 1 fully saturated rings. The second-order valence-electron chi connectivity index (χ2n) is 5.78. The molecule has 1 aliphatic carbocycles. The van der Waals surface area contributed by atoms with Gasteiger partial charge in [-0.25, -0.2) is 0 Å². The molecule has 1 saturated carbocycles. The first-order valence-electron chi connectivity index (χ1n) is 7.50. The van der Waals surface area contributed by atoms with Crippen molar-refractivity contribution in [3.05, 3.63) is 34.9 Å². The molecule has 1 aromatic rings. The molecule has 1 aliphatic rings.